The van der Waals surface area contributed by atoms with Gasteiger partial charge in [0.25, 0.3) is 0 Å². The van der Waals surface area contributed by atoms with E-state index in [2.05, 4.69) is 0 Å². The fourth-order valence-electron chi connectivity index (χ4n) is 2.32. The van der Waals surface area contributed by atoms with Crippen molar-refractivity contribution in [1.29, 1.82) is 0 Å². The molecule has 5 heteroatoms. The van der Waals surface area contributed by atoms with Crippen molar-refractivity contribution in [2.45, 2.75) is 37.3 Å². The van der Waals surface area contributed by atoms with E-state index in [9.17, 15) is 4.79 Å². The number of morpholine rings is 1. The third-order valence-corrected chi connectivity index (χ3v) is 4.59. The van der Waals surface area contributed by atoms with Gasteiger partial charge in [0.05, 0.1) is 25.9 Å². The van der Waals surface area contributed by atoms with E-state index in [1.807, 2.05) is 43.0 Å². The van der Waals surface area contributed by atoms with E-state index >= 15 is 0 Å². The molecule has 0 saturated carbocycles. The highest BCUT2D eigenvalue weighted by Crippen LogP contribution is 2.22. The third kappa shape index (κ3) is 4.64. The molecule has 2 atom stereocenters. The van der Waals surface area contributed by atoms with Crippen LogP contribution in [0.3, 0.4) is 0 Å². The first-order valence-electron chi connectivity index (χ1n) is 7.28. The SMILES string of the molecule is COc1ccc(SCCC(=O)N2CC(C)OCC2C)cc1. The highest BCUT2D eigenvalue weighted by atomic mass is 32.2. The molecule has 1 heterocycles. The number of hydrogen-bond acceptors (Lipinski definition) is 4. The van der Waals surface area contributed by atoms with Gasteiger partial charge in [0.2, 0.25) is 5.91 Å². The van der Waals surface area contributed by atoms with Gasteiger partial charge in [-0.25, -0.2) is 0 Å². The molecule has 2 rings (SSSR count). The smallest absolute Gasteiger partial charge is 0.223 e. The summed E-state index contributed by atoms with van der Waals surface area (Å²) in [4.78, 5) is 15.4. The van der Waals surface area contributed by atoms with E-state index in [1.165, 1.54) is 0 Å². The molecule has 1 fully saturated rings. The number of carbonyl (C=O) groups excluding carboxylic acids is 1. The van der Waals surface area contributed by atoms with Crippen LogP contribution in [0.4, 0.5) is 0 Å². The standard InChI is InChI=1S/C16H23NO3S/c1-12-11-20-13(2)10-17(12)16(18)8-9-21-15-6-4-14(19-3)5-7-15/h4-7,12-13H,8-11H2,1-3H3. The van der Waals surface area contributed by atoms with Crippen molar-refractivity contribution in [2.75, 3.05) is 26.0 Å². The molecule has 4 nitrogen and oxygen atoms in total. The molecule has 0 radical (unpaired) electrons. The first-order valence-corrected chi connectivity index (χ1v) is 8.26. The van der Waals surface area contributed by atoms with Crippen molar-refractivity contribution in [3.63, 3.8) is 0 Å². The maximum atomic E-state index is 12.3. The van der Waals surface area contributed by atoms with E-state index in [0.29, 0.717) is 19.6 Å². The van der Waals surface area contributed by atoms with Crippen LogP contribution in [0.2, 0.25) is 0 Å². The molecule has 0 bridgehead atoms. The molecule has 1 aliphatic rings. The minimum Gasteiger partial charge on any atom is -0.497 e. The van der Waals surface area contributed by atoms with Gasteiger partial charge in [0.1, 0.15) is 5.75 Å². The van der Waals surface area contributed by atoms with Crippen molar-refractivity contribution < 1.29 is 14.3 Å². The van der Waals surface area contributed by atoms with Gasteiger partial charge < -0.3 is 14.4 Å². The van der Waals surface area contributed by atoms with E-state index in [-0.39, 0.29) is 18.1 Å². The number of benzene rings is 1. The Kier molecular flexibility index (Phi) is 5.94. The van der Waals surface area contributed by atoms with Crippen LogP contribution in [-0.4, -0.2) is 49.0 Å². The van der Waals surface area contributed by atoms with E-state index in [4.69, 9.17) is 9.47 Å². The fraction of sp³-hybridized carbons (Fsp3) is 0.562. The van der Waals surface area contributed by atoms with Gasteiger partial charge in [0, 0.05) is 23.6 Å². The van der Waals surface area contributed by atoms with Gasteiger partial charge in [-0.1, -0.05) is 0 Å². The minimum atomic E-state index is 0.138. The summed E-state index contributed by atoms with van der Waals surface area (Å²) in [7, 11) is 1.66. The molecule has 0 aliphatic carbocycles. The molecule has 1 saturated heterocycles. The van der Waals surface area contributed by atoms with E-state index in [0.717, 1.165) is 16.4 Å². The van der Waals surface area contributed by atoms with Crippen LogP contribution in [0.25, 0.3) is 0 Å². The predicted octanol–water partition coefficient (Wildman–Crippen LogP) is 2.81. The molecule has 116 valence electrons. The summed E-state index contributed by atoms with van der Waals surface area (Å²) in [5.41, 5.74) is 0. The van der Waals surface area contributed by atoms with Crippen molar-refractivity contribution in [2.24, 2.45) is 0 Å². The average molecular weight is 309 g/mol. The molecular formula is C16H23NO3S. The van der Waals surface area contributed by atoms with Gasteiger partial charge in [-0.05, 0) is 38.1 Å². The Morgan fingerprint density at radius 3 is 2.76 bits per heavy atom. The number of nitrogens with zero attached hydrogens (tertiary/aromatic N) is 1. The van der Waals surface area contributed by atoms with E-state index < -0.39 is 0 Å². The van der Waals surface area contributed by atoms with Gasteiger partial charge >= 0.3 is 0 Å². The zero-order valence-corrected chi connectivity index (χ0v) is 13.7. The third-order valence-electron chi connectivity index (χ3n) is 3.57. The lowest BCUT2D eigenvalue weighted by atomic mass is 10.2. The Morgan fingerprint density at radius 1 is 1.38 bits per heavy atom. The second kappa shape index (κ2) is 7.71. The van der Waals surface area contributed by atoms with Crippen LogP contribution in [0.5, 0.6) is 5.75 Å². The van der Waals surface area contributed by atoms with Crippen LogP contribution in [0.1, 0.15) is 20.3 Å². The number of rotatable bonds is 5. The molecule has 1 aromatic carbocycles. The summed E-state index contributed by atoms with van der Waals surface area (Å²) >= 11 is 1.70. The summed E-state index contributed by atoms with van der Waals surface area (Å²) < 4.78 is 10.7. The van der Waals surface area contributed by atoms with Crippen molar-refractivity contribution in [3.05, 3.63) is 24.3 Å². The zero-order chi connectivity index (χ0) is 15.2. The molecule has 1 amide bonds. The number of thioether (sulfide) groups is 1. The lowest BCUT2D eigenvalue weighted by Crippen LogP contribution is -2.50. The first-order chi connectivity index (χ1) is 10.1. The summed E-state index contributed by atoms with van der Waals surface area (Å²) in [5.74, 6) is 1.87. The Hall–Kier alpha value is -1.20. The maximum Gasteiger partial charge on any atom is 0.223 e. The number of ether oxygens (including phenoxy) is 2. The molecule has 0 N–H and O–H groups in total. The normalized spacial score (nSPS) is 22.1. The van der Waals surface area contributed by atoms with Crippen molar-refractivity contribution in [1.82, 2.24) is 4.90 Å². The number of carbonyl (C=O) groups is 1. The molecular weight excluding hydrogens is 286 g/mol. The number of hydrogen-bond donors (Lipinski definition) is 0. The molecule has 1 aromatic rings. The van der Waals surface area contributed by atoms with Gasteiger partial charge in [-0.2, -0.15) is 0 Å². The summed E-state index contributed by atoms with van der Waals surface area (Å²) in [6, 6.07) is 8.10. The number of methoxy groups -OCH3 is 1. The molecule has 1 aliphatic heterocycles. The summed E-state index contributed by atoms with van der Waals surface area (Å²) in [6.07, 6.45) is 0.702. The summed E-state index contributed by atoms with van der Waals surface area (Å²) in [5, 5.41) is 0. The van der Waals surface area contributed by atoms with Crippen LogP contribution in [0.15, 0.2) is 29.2 Å². The monoisotopic (exact) mass is 309 g/mol. The first kappa shape index (κ1) is 16.2. The zero-order valence-electron chi connectivity index (χ0n) is 12.9. The van der Waals surface area contributed by atoms with Gasteiger partial charge in [0.15, 0.2) is 0 Å². The minimum absolute atomic E-state index is 0.138. The topological polar surface area (TPSA) is 38.8 Å². The lowest BCUT2D eigenvalue weighted by molar-refractivity contribution is -0.142. The van der Waals surface area contributed by atoms with Crippen LogP contribution in [-0.2, 0) is 9.53 Å². The second-order valence-electron chi connectivity index (χ2n) is 5.31. The molecule has 21 heavy (non-hydrogen) atoms. The van der Waals surface area contributed by atoms with Crippen LogP contribution in [0, 0.1) is 0 Å². The fourth-order valence-corrected chi connectivity index (χ4v) is 3.16. The van der Waals surface area contributed by atoms with Crippen molar-refractivity contribution >= 4 is 17.7 Å². The molecule has 0 aromatic heterocycles. The van der Waals surface area contributed by atoms with Crippen LogP contribution >= 0.6 is 11.8 Å². The highest BCUT2D eigenvalue weighted by molar-refractivity contribution is 7.99. The molecule has 2 unspecified atom stereocenters. The maximum absolute atomic E-state index is 12.3. The second-order valence-corrected chi connectivity index (χ2v) is 6.48. The predicted molar refractivity (Wildman–Crippen MR) is 84.9 cm³/mol. The summed E-state index contributed by atoms with van der Waals surface area (Å²) in [6.45, 7) is 5.39. The largest absolute Gasteiger partial charge is 0.497 e. The average Bonchev–Trinajstić information content (AvgIpc) is 2.50. The Labute approximate surface area is 130 Å². The lowest BCUT2D eigenvalue weighted by Gasteiger charge is -2.36. The Balaban J connectivity index is 1.78. The number of amides is 1. The quantitative estimate of drug-likeness (QED) is 0.784. The van der Waals surface area contributed by atoms with Crippen molar-refractivity contribution in [3.8, 4) is 5.75 Å². The Bertz CT molecular complexity index is 463. The van der Waals surface area contributed by atoms with Crippen LogP contribution < -0.4 is 4.74 Å². The Morgan fingerprint density at radius 2 is 2.10 bits per heavy atom. The highest BCUT2D eigenvalue weighted by Gasteiger charge is 2.26. The van der Waals surface area contributed by atoms with Gasteiger partial charge in [-0.3, -0.25) is 4.79 Å². The molecule has 0 spiro atoms. The van der Waals surface area contributed by atoms with Gasteiger partial charge in [-0.15, -0.1) is 11.8 Å². The van der Waals surface area contributed by atoms with E-state index in [1.54, 1.807) is 18.9 Å².